The van der Waals surface area contributed by atoms with Gasteiger partial charge in [0.25, 0.3) is 0 Å². The molecule has 1 atom stereocenters. The molecule has 0 bridgehead atoms. The van der Waals surface area contributed by atoms with Crippen LogP contribution < -0.4 is 10.2 Å². The zero-order chi connectivity index (χ0) is 16.4. The van der Waals surface area contributed by atoms with Gasteiger partial charge in [0.05, 0.1) is 24.0 Å². The minimum absolute atomic E-state index is 0.0773. The van der Waals surface area contributed by atoms with Gasteiger partial charge in [0.15, 0.2) is 5.15 Å². The van der Waals surface area contributed by atoms with Crippen LogP contribution in [0.15, 0.2) is 30.7 Å². The first-order valence-electron chi connectivity index (χ1n) is 7.33. The lowest BCUT2D eigenvalue weighted by atomic mass is 9.97. The van der Waals surface area contributed by atoms with E-state index in [0.29, 0.717) is 18.8 Å². The summed E-state index contributed by atoms with van der Waals surface area (Å²) < 4.78 is 1.58. The molecule has 0 saturated carbocycles. The molecule has 1 aliphatic rings. The van der Waals surface area contributed by atoms with E-state index in [2.05, 4.69) is 15.4 Å². The van der Waals surface area contributed by atoms with Gasteiger partial charge in [-0.3, -0.25) is 14.6 Å². The summed E-state index contributed by atoms with van der Waals surface area (Å²) in [6.07, 6.45) is 5.20. The summed E-state index contributed by atoms with van der Waals surface area (Å²) in [5.74, 6) is -0.463. The van der Waals surface area contributed by atoms with E-state index in [1.54, 1.807) is 34.2 Å². The van der Waals surface area contributed by atoms with Crippen LogP contribution in [-0.2, 0) is 9.59 Å². The highest BCUT2D eigenvalue weighted by molar-refractivity contribution is 6.32. The fourth-order valence-corrected chi connectivity index (χ4v) is 2.68. The number of carbonyl (C=O) groups excluding carboxylic acids is 2. The lowest BCUT2D eigenvalue weighted by Crippen LogP contribution is -2.50. The molecule has 8 heteroatoms. The van der Waals surface area contributed by atoms with E-state index in [0.717, 1.165) is 5.69 Å². The van der Waals surface area contributed by atoms with E-state index in [-0.39, 0.29) is 29.3 Å². The van der Waals surface area contributed by atoms with Gasteiger partial charge in [0.1, 0.15) is 5.69 Å². The first-order chi connectivity index (χ1) is 11.1. The maximum absolute atomic E-state index is 12.5. The van der Waals surface area contributed by atoms with Crippen LogP contribution in [0.2, 0.25) is 5.15 Å². The first kappa shape index (κ1) is 15.5. The SMILES string of the molecule is CCN(C(=O)CC1CNC1=O)c1cn(-c2cccnc2)nc1Cl. The number of rotatable bonds is 5. The van der Waals surface area contributed by atoms with Crippen molar-refractivity contribution in [2.45, 2.75) is 13.3 Å². The third-order valence-corrected chi connectivity index (χ3v) is 4.05. The molecule has 0 aromatic carbocycles. The van der Waals surface area contributed by atoms with Gasteiger partial charge in [-0.1, -0.05) is 11.6 Å². The molecule has 3 rings (SSSR count). The summed E-state index contributed by atoms with van der Waals surface area (Å²) in [5, 5.41) is 7.11. The molecule has 0 aliphatic carbocycles. The summed E-state index contributed by atoms with van der Waals surface area (Å²) >= 11 is 6.20. The molecule has 7 nitrogen and oxygen atoms in total. The molecule has 23 heavy (non-hydrogen) atoms. The standard InChI is InChI=1S/C15H16ClN5O2/c1-2-20(13(22)6-10-7-18-15(10)23)12-9-21(19-14(12)16)11-4-3-5-17-8-11/h3-5,8-10H,2,6-7H2,1H3,(H,18,23). The van der Waals surface area contributed by atoms with Crippen molar-refractivity contribution < 1.29 is 9.59 Å². The van der Waals surface area contributed by atoms with Gasteiger partial charge < -0.3 is 10.2 Å². The molecule has 1 aliphatic heterocycles. The van der Waals surface area contributed by atoms with E-state index in [4.69, 9.17) is 11.6 Å². The van der Waals surface area contributed by atoms with Crippen LogP contribution in [0.3, 0.4) is 0 Å². The van der Waals surface area contributed by atoms with Crippen LogP contribution in [0, 0.1) is 5.92 Å². The number of hydrogen-bond donors (Lipinski definition) is 1. The first-order valence-corrected chi connectivity index (χ1v) is 7.71. The van der Waals surface area contributed by atoms with Gasteiger partial charge in [-0.2, -0.15) is 5.10 Å². The van der Waals surface area contributed by atoms with E-state index in [9.17, 15) is 9.59 Å². The Balaban J connectivity index is 1.82. The van der Waals surface area contributed by atoms with Crippen LogP contribution in [0.5, 0.6) is 0 Å². The Morgan fingerprint density at radius 2 is 2.39 bits per heavy atom. The topological polar surface area (TPSA) is 80.1 Å². The monoisotopic (exact) mass is 333 g/mol. The average Bonchev–Trinajstić information content (AvgIpc) is 2.94. The fourth-order valence-electron chi connectivity index (χ4n) is 2.44. The third kappa shape index (κ3) is 3.05. The van der Waals surface area contributed by atoms with Crippen LogP contribution in [0.1, 0.15) is 13.3 Å². The predicted octanol–water partition coefficient (Wildman–Crippen LogP) is 1.41. The van der Waals surface area contributed by atoms with Crippen molar-refractivity contribution in [3.8, 4) is 5.69 Å². The molecule has 0 spiro atoms. The second-order valence-corrected chi connectivity index (χ2v) is 5.60. The quantitative estimate of drug-likeness (QED) is 0.839. The molecule has 0 radical (unpaired) electrons. The number of nitrogens with zero attached hydrogens (tertiary/aromatic N) is 4. The molecule has 3 heterocycles. The maximum Gasteiger partial charge on any atom is 0.227 e. The minimum atomic E-state index is -0.247. The maximum atomic E-state index is 12.5. The zero-order valence-corrected chi connectivity index (χ0v) is 13.3. The summed E-state index contributed by atoms with van der Waals surface area (Å²) in [4.78, 5) is 29.4. The van der Waals surface area contributed by atoms with Crippen LogP contribution in [-0.4, -0.2) is 39.7 Å². The molecule has 2 aromatic rings. The highest BCUT2D eigenvalue weighted by atomic mass is 35.5. The van der Waals surface area contributed by atoms with Crippen molar-refractivity contribution in [1.82, 2.24) is 20.1 Å². The van der Waals surface area contributed by atoms with Crippen LogP contribution >= 0.6 is 11.6 Å². The van der Waals surface area contributed by atoms with Crippen molar-refractivity contribution in [3.63, 3.8) is 0 Å². The number of anilines is 1. The molecular formula is C15H16ClN5O2. The molecule has 2 amide bonds. The molecule has 1 fully saturated rings. The summed E-state index contributed by atoms with van der Waals surface area (Å²) in [7, 11) is 0. The molecule has 2 aromatic heterocycles. The molecule has 120 valence electrons. The second-order valence-electron chi connectivity index (χ2n) is 5.25. The number of β-lactam (4-membered cyclic amide) rings is 1. The Bertz CT molecular complexity index is 731. The number of carbonyl (C=O) groups is 2. The second kappa shape index (κ2) is 6.37. The zero-order valence-electron chi connectivity index (χ0n) is 12.6. The molecule has 1 saturated heterocycles. The van der Waals surface area contributed by atoms with Crippen molar-refractivity contribution in [3.05, 3.63) is 35.9 Å². The van der Waals surface area contributed by atoms with Gasteiger partial charge in [-0.25, -0.2) is 4.68 Å². The Morgan fingerprint density at radius 3 is 2.96 bits per heavy atom. The number of aromatic nitrogens is 3. The summed E-state index contributed by atoms with van der Waals surface area (Å²) in [6, 6.07) is 3.64. The Hall–Kier alpha value is -2.41. The lowest BCUT2D eigenvalue weighted by Gasteiger charge is -2.28. The summed E-state index contributed by atoms with van der Waals surface area (Å²) in [6.45, 7) is 2.85. The van der Waals surface area contributed by atoms with Gasteiger partial charge in [-0.15, -0.1) is 0 Å². The van der Waals surface area contributed by atoms with Crippen molar-refractivity contribution in [1.29, 1.82) is 0 Å². The van der Waals surface area contributed by atoms with Crippen molar-refractivity contribution in [2.24, 2.45) is 5.92 Å². The van der Waals surface area contributed by atoms with Crippen LogP contribution in [0.25, 0.3) is 5.69 Å². The Labute approximate surface area is 138 Å². The van der Waals surface area contributed by atoms with E-state index < -0.39 is 0 Å². The van der Waals surface area contributed by atoms with Gasteiger partial charge in [0, 0.05) is 25.7 Å². The lowest BCUT2D eigenvalue weighted by molar-refractivity contribution is -0.134. The smallest absolute Gasteiger partial charge is 0.227 e. The highest BCUT2D eigenvalue weighted by Crippen LogP contribution is 2.27. The van der Waals surface area contributed by atoms with Gasteiger partial charge in [-0.05, 0) is 19.1 Å². The van der Waals surface area contributed by atoms with Crippen LogP contribution in [0.4, 0.5) is 5.69 Å². The van der Waals surface area contributed by atoms with E-state index >= 15 is 0 Å². The van der Waals surface area contributed by atoms with E-state index in [1.807, 2.05) is 13.0 Å². The molecule has 1 unspecified atom stereocenters. The predicted molar refractivity (Wildman–Crippen MR) is 85.5 cm³/mol. The van der Waals surface area contributed by atoms with Crippen molar-refractivity contribution in [2.75, 3.05) is 18.0 Å². The molecular weight excluding hydrogens is 318 g/mol. The number of nitrogens with one attached hydrogen (secondary N) is 1. The number of pyridine rings is 1. The number of halogens is 1. The normalized spacial score (nSPS) is 16.6. The highest BCUT2D eigenvalue weighted by Gasteiger charge is 2.32. The Kier molecular flexibility index (Phi) is 4.29. The Morgan fingerprint density at radius 1 is 1.57 bits per heavy atom. The van der Waals surface area contributed by atoms with Gasteiger partial charge >= 0.3 is 0 Å². The van der Waals surface area contributed by atoms with Gasteiger partial charge in [0.2, 0.25) is 11.8 Å². The van der Waals surface area contributed by atoms with Crippen molar-refractivity contribution >= 4 is 29.1 Å². The average molecular weight is 334 g/mol. The largest absolute Gasteiger partial charge is 0.355 e. The minimum Gasteiger partial charge on any atom is -0.355 e. The number of amides is 2. The molecule has 1 N–H and O–H groups in total. The van der Waals surface area contributed by atoms with E-state index in [1.165, 1.54) is 0 Å². The fraction of sp³-hybridized carbons (Fsp3) is 0.333. The summed E-state index contributed by atoms with van der Waals surface area (Å²) in [5.41, 5.74) is 1.28. The third-order valence-electron chi connectivity index (χ3n) is 3.78. The number of hydrogen-bond acceptors (Lipinski definition) is 4.